The molecule has 1 aromatic carbocycles. The highest BCUT2D eigenvalue weighted by atomic mass is 16.5. The van der Waals surface area contributed by atoms with Gasteiger partial charge in [0.1, 0.15) is 11.6 Å². The normalized spacial score (nSPS) is 10.3. The van der Waals surface area contributed by atoms with Gasteiger partial charge >= 0.3 is 0 Å². The molecule has 0 aliphatic heterocycles. The van der Waals surface area contributed by atoms with Crippen LogP contribution in [0, 0.1) is 0 Å². The van der Waals surface area contributed by atoms with Gasteiger partial charge in [-0.1, -0.05) is 6.07 Å². The Labute approximate surface area is 162 Å². The zero-order chi connectivity index (χ0) is 19.2. The van der Waals surface area contributed by atoms with Gasteiger partial charge in [-0.3, -0.25) is 0 Å². The maximum Gasteiger partial charge on any atom is 0.227 e. The number of methoxy groups -OCH3 is 1. The lowest BCUT2D eigenvalue weighted by molar-refractivity contribution is 0.399. The predicted octanol–water partition coefficient (Wildman–Crippen LogP) is 5.08. The Morgan fingerprint density at radius 1 is 0.679 bits per heavy atom. The number of hydrogen-bond donors (Lipinski definition) is 1. The highest BCUT2D eigenvalue weighted by Crippen LogP contribution is 2.35. The van der Waals surface area contributed by atoms with Crippen LogP contribution in [0.3, 0.4) is 0 Å². The van der Waals surface area contributed by atoms with Gasteiger partial charge in [0.05, 0.1) is 7.11 Å². The third-order valence-corrected chi connectivity index (χ3v) is 4.03. The van der Waals surface area contributed by atoms with Crippen molar-refractivity contribution < 1.29 is 9.47 Å². The number of anilines is 2. The Balaban J connectivity index is 1.57. The second-order valence-electron chi connectivity index (χ2n) is 5.88. The van der Waals surface area contributed by atoms with Crippen LogP contribution >= 0.6 is 0 Å². The third kappa shape index (κ3) is 3.91. The van der Waals surface area contributed by atoms with E-state index in [9.17, 15) is 0 Å². The number of ether oxygens (including phenoxy) is 2. The SMILES string of the molecule is COc1ncccc1-c1cccnc1Oc1ccc(Nc2ccccn2)cc1. The molecular formula is C22H18N4O2. The molecule has 6 heteroatoms. The Kier molecular flexibility index (Phi) is 5.11. The summed E-state index contributed by atoms with van der Waals surface area (Å²) in [5, 5.41) is 3.24. The average Bonchev–Trinajstić information content (AvgIpc) is 2.76. The van der Waals surface area contributed by atoms with Crippen molar-refractivity contribution in [3.05, 3.63) is 85.3 Å². The van der Waals surface area contributed by atoms with Crippen LogP contribution in [-0.4, -0.2) is 22.1 Å². The minimum atomic E-state index is 0.485. The van der Waals surface area contributed by atoms with Gasteiger partial charge in [0.15, 0.2) is 0 Å². The smallest absolute Gasteiger partial charge is 0.227 e. The van der Waals surface area contributed by atoms with Crippen LogP contribution in [-0.2, 0) is 0 Å². The van der Waals surface area contributed by atoms with Crippen molar-refractivity contribution in [3.63, 3.8) is 0 Å². The number of nitrogens with one attached hydrogen (secondary N) is 1. The highest BCUT2D eigenvalue weighted by molar-refractivity contribution is 5.73. The monoisotopic (exact) mass is 370 g/mol. The summed E-state index contributed by atoms with van der Waals surface area (Å²) in [7, 11) is 1.59. The molecule has 0 aliphatic rings. The number of hydrogen-bond acceptors (Lipinski definition) is 6. The molecule has 1 N–H and O–H groups in total. The number of pyridine rings is 3. The van der Waals surface area contributed by atoms with Gasteiger partial charge in [-0.15, -0.1) is 0 Å². The molecule has 0 fully saturated rings. The molecule has 0 saturated carbocycles. The zero-order valence-corrected chi connectivity index (χ0v) is 15.2. The van der Waals surface area contributed by atoms with Gasteiger partial charge in [-0.25, -0.2) is 15.0 Å². The lowest BCUT2D eigenvalue weighted by Gasteiger charge is -2.12. The first-order chi connectivity index (χ1) is 13.8. The Morgan fingerprint density at radius 3 is 2.04 bits per heavy atom. The van der Waals surface area contributed by atoms with E-state index in [0.29, 0.717) is 17.5 Å². The Bertz CT molecular complexity index is 1050. The van der Waals surface area contributed by atoms with Crippen molar-refractivity contribution in [3.8, 4) is 28.6 Å². The summed E-state index contributed by atoms with van der Waals surface area (Å²) in [5.74, 6) is 2.47. The van der Waals surface area contributed by atoms with Gasteiger partial charge in [0.25, 0.3) is 0 Å². The van der Waals surface area contributed by atoms with Crippen molar-refractivity contribution in [2.45, 2.75) is 0 Å². The van der Waals surface area contributed by atoms with Crippen molar-refractivity contribution in [1.82, 2.24) is 15.0 Å². The third-order valence-electron chi connectivity index (χ3n) is 4.03. The van der Waals surface area contributed by atoms with E-state index in [4.69, 9.17) is 9.47 Å². The van der Waals surface area contributed by atoms with Crippen molar-refractivity contribution >= 4 is 11.5 Å². The molecule has 0 unspecified atom stereocenters. The maximum atomic E-state index is 6.03. The van der Waals surface area contributed by atoms with E-state index in [2.05, 4.69) is 20.3 Å². The number of benzene rings is 1. The first-order valence-electron chi connectivity index (χ1n) is 8.74. The Morgan fingerprint density at radius 2 is 1.36 bits per heavy atom. The molecule has 28 heavy (non-hydrogen) atoms. The van der Waals surface area contributed by atoms with Gasteiger partial charge in [-0.2, -0.15) is 0 Å². The minimum absolute atomic E-state index is 0.485. The topological polar surface area (TPSA) is 69.2 Å². The average molecular weight is 370 g/mol. The van der Waals surface area contributed by atoms with Crippen LogP contribution in [0.25, 0.3) is 11.1 Å². The van der Waals surface area contributed by atoms with E-state index in [0.717, 1.165) is 22.6 Å². The van der Waals surface area contributed by atoms with Crippen molar-refractivity contribution in [1.29, 1.82) is 0 Å². The molecule has 0 amide bonds. The van der Waals surface area contributed by atoms with Gasteiger partial charge in [0, 0.05) is 35.4 Å². The molecule has 0 saturated heterocycles. The lowest BCUT2D eigenvalue weighted by atomic mass is 10.1. The predicted molar refractivity (Wildman–Crippen MR) is 108 cm³/mol. The number of aromatic nitrogens is 3. The van der Waals surface area contributed by atoms with E-state index in [-0.39, 0.29) is 0 Å². The molecule has 0 atom stereocenters. The van der Waals surface area contributed by atoms with E-state index in [1.54, 1.807) is 25.7 Å². The largest absolute Gasteiger partial charge is 0.481 e. The first-order valence-corrected chi connectivity index (χ1v) is 8.74. The fourth-order valence-corrected chi connectivity index (χ4v) is 2.74. The second-order valence-corrected chi connectivity index (χ2v) is 5.88. The van der Waals surface area contributed by atoms with Crippen LogP contribution in [0.4, 0.5) is 11.5 Å². The van der Waals surface area contributed by atoms with Crippen LogP contribution in [0.5, 0.6) is 17.5 Å². The molecule has 0 bridgehead atoms. The van der Waals surface area contributed by atoms with Gasteiger partial charge < -0.3 is 14.8 Å². The summed E-state index contributed by atoms with van der Waals surface area (Å²) in [6, 6.07) is 20.9. The number of nitrogens with zero attached hydrogens (tertiary/aromatic N) is 3. The molecule has 6 nitrogen and oxygen atoms in total. The van der Waals surface area contributed by atoms with Crippen LogP contribution < -0.4 is 14.8 Å². The molecule has 4 aromatic rings. The second kappa shape index (κ2) is 8.18. The molecule has 0 aliphatic carbocycles. The molecule has 3 aromatic heterocycles. The van der Waals surface area contributed by atoms with Crippen molar-refractivity contribution in [2.75, 3.05) is 12.4 Å². The fourth-order valence-electron chi connectivity index (χ4n) is 2.74. The molecule has 3 heterocycles. The van der Waals surface area contributed by atoms with Gasteiger partial charge in [0.2, 0.25) is 11.8 Å². The Hall–Kier alpha value is -3.93. The fraction of sp³-hybridized carbons (Fsp3) is 0.0455. The van der Waals surface area contributed by atoms with Crippen LogP contribution in [0.2, 0.25) is 0 Å². The van der Waals surface area contributed by atoms with E-state index >= 15 is 0 Å². The van der Waals surface area contributed by atoms with E-state index < -0.39 is 0 Å². The lowest BCUT2D eigenvalue weighted by Crippen LogP contribution is -1.96. The summed E-state index contributed by atoms with van der Waals surface area (Å²) < 4.78 is 11.4. The zero-order valence-electron chi connectivity index (χ0n) is 15.2. The quantitative estimate of drug-likeness (QED) is 0.510. The highest BCUT2D eigenvalue weighted by Gasteiger charge is 2.13. The summed E-state index contributed by atoms with van der Waals surface area (Å²) in [6.07, 6.45) is 5.13. The summed E-state index contributed by atoms with van der Waals surface area (Å²) in [5.41, 5.74) is 2.55. The summed E-state index contributed by atoms with van der Waals surface area (Å²) in [6.45, 7) is 0. The molecule has 4 rings (SSSR count). The first kappa shape index (κ1) is 17.5. The summed E-state index contributed by atoms with van der Waals surface area (Å²) >= 11 is 0. The van der Waals surface area contributed by atoms with Crippen molar-refractivity contribution in [2.24, 2.45) is 0 Å². The van der Waals surface area contributed by atoms with E-state index in [1.807, 2.05) is 66.7 Å². The maximum absolute atomic E-state index is 6.03. The molecule has 138 valence electrons. The van der Waals surface area contributed by atoms with E-state index in [1.165, 1.54) is 0 Å². The number of rotatable bonds is 6. The van der Waals surface area contributed by atoms with Gasteiger partial charge in [-0.05, 0) is 60.7 Å². The molecule has 0 radical (unpaired) electrons. The standard InChI is InChI=1S/C22H18N4O2/c1-27-21-18(6-4-14-24-21)19-7-5-15-25-22(19)28-17-11-9-16(10-12-17)26-20-8-2-3-13-23-20/h2-15H,1H3,(H,23,26). The van der Waals surface area contributed by atoms with Crippen LogP contribution in [0.15, 0.2) is 85.3 Å². The summed E-state index contributed by atoms with van der Waals surface area (Å²) in [4.78, 5) is 12.9. The minimum Gasteiger partial charge on any atom is -0.481 e. The van der Waals surface area contributed by atoms with Crippen LogP contribution in [0.1, 0.15) is 0 Å². The molecular weight excluding hydrogens is 352 g/mol. The molecule has 0 spiro atoms.